The molecule has 0 aliphatic rings. The summed E-state index contributed by atoms with van der Waals surface area (Å²) in [6, 6.07) is 9.08. The molecule has 1 atom stereocenters. The summed E-state index contributed by atoms with van der Waals surface area (Å²) in [5.41, 5.74) is 6.86. The van der Waals surface area contributed by atoms with Crippen molar-refractivity contribution in [3.05, 3.63) is 54.1 Å². The zero-order valence-corrected chi connectivity index (χ0v) is 16.3. The Morgan fingerprint density at radius 3 is 2.58 bits per heavy atom. The van der Waals surface area contributed by atoms with Crippen LogP contribution in [0.3, 0.4) is 0 Å². The second kappa shape index (κ2) is 11.7. The molecule has 1 aromatic carbocycles. The summed E-state index contributed by atoms with van der Waals surface area (Å²) in [4.78, 5) is 16.1. The van der Waals surface area contributed by atoms with E-state index in [1.54, 1.807) is 24.4 Å². The number of rotatable bonds is 7. The first kappa shape index (κ1) is 24.1. The van der Waals surface area contributed by atoms with Gasteiger partial charge in [-0.25, -0.2) is 4.39 Å². The lowest BCUT2D eigenvalue weighted by atomic mass is 10.0. The second-order valence-electron chi connectivity index (χ2n) is 5.98. The van der Waals surface area contributed by atoms with Gasteiger partial charge in [-0.05, 0) is 36.6 Å². The summed E-state index contributed by atoms with van der Waals surface area (Å²) < 4.78 is 19.5. The van der Waals surface area contributed by atoms with Crippen molar-refractivity contribution in [2.75, 3.05) is 5.32 Å². The van der Waals surface area contributed by atoms with E-state index in [1.165, 1.54) is 12.1 Å². The number of halogens is 3. The fraction of sp³-hybridized carbons (Fsp3) is 0.333. The van der Waals surface area contributed by atoms with Gasteiger partial charge in [0.25, 0.3) is 0 Å². The average molecular weight is 404 g/mol. The number of carbonyl (C=O) groups is 1. The number of benzene rings is 1. The Balaban J connectivity index is 0.00000312. The Morgan fingerprint density at radius 1 is 1.27 bits per heavy atom. The Kier molecular flexibility index (Phi) is 10.8. The molecule has 8 heteroatoms. The number of aromatic nitrogens is 1. The predicted octanol–water partition coefficient (Wildman–Crippen LogP) is 3.96. The minimum atomic E-state index is -0.617. The molecule has 0 aliphatic carbocycles. The molecular weight excluding hydrogens is 380 g/mol. The first-order valence-electron chi connectivity index (χ1n) is 7.84. The van der Waals surface area contributed by atoms with Crippen molar-refractivity contribution in [1.29, 1.82) is 0 Å². The maximum absolute atomic E-state index is 14.1. The molecule has 1 amide bonds. The number of nitrogens with two attached hydrogens (primary N) is 1. The highest BCUT2D eigenvalue weighted by Crippen LogP contribution is 2.22. The first-order valence-corrected chi connectivity index (χ1v) is 7.84. The molecule has 5 nitrogen and oxygen atoms in total. The van der Waals surface area contributed by atoms with Crippen LogP contribution in [-0.2, 0) is 11.4 Å². The van der Waals surface area contributed by atoms with E-state index in [2.05, 4.69) is 10.3 Å². The maximum Gasteiger partial charge on any atom is 0.241 e. The second-order valence-corrected chi connectivity index (χ2v) is 5.98. The third-order valence-corrected chi connectivity index (χ3v) is 3.36. The van der Waals surface area contributed by atoms with Crippen molar-refractivity contribution < 1.29 is 13.9 Å². The molecular formula is C18H24Cl2FN3O2. The number of ether oxygens (including phenoxy) is 1. The van der Waals surface area contributed by atoms with Crippen LogP contribution in [0.15, 0.2) is 42.6 Å². The molecule has 0 radical (unpaired) electrons. The largest absolute Gasteiger partial charge is 0.484 e. The van der Waals surface area contributed by atoms with Crippen molar-refractivity contribution in [3.8, 4) is 5.75 Å². The summed E-state index contributed by atoms with van der Waals surface area (Å²) in [6.07, 6.45) is 2.22. The summed E-state index contributed by atoms with van der Waals surface area (Å²) in [6.45, 7) is 4.14. The molecule has 0 spiro atoms. The zero-order valence-electron chi connectivity index (χ0n) is 14.6. The zero-order chi connectivity index (χ0) is 17.5. The van der Waals surface area contributed by atoms with E-state index >= 15 is 0 Å². The van der Waals surface area contributed by atoms with Gasteiger partial charge in [-0.2, -0.15) is 0 Å². The summed E-state index contributed by atoms with van der Waals surface area (Å²) in [7, 11) is 0. The highest BCUT2D eigenvalue weighted by molar-refractivity contribution is 5.94. The summed E-state index contributed by atoms with van der Waals surface area (Å²) >= 11 is 0. The molecule has 0 bridgehead atoms. The van der Waals surface area contributed by atoms with E-state index in [1.807, 2.05) is 19.9 Å². The van der Waals surface area contributed by atoms with Crippen LogP contribution in [0, 0.1) is 11.7 Å². The number of amides is 1. The van der Waals surface area contributed by atoms with Gasteiger partial charge in [0.15, 0.2) is 11.6 Å². The molecule has 2 rings (SSSR count). The molecule has 0 fully saturated rings. The van der Waals surface area contributed by atoms with Gasteiger partial charge in [0.2, 0.25) is 5.91 Å². The van der Waals surface area contributed by atoms with Gasteiger partial charge in [-0.15, -0.1) is 24.8 Å². The van der Waals surface area contributed by atoms with Gasteiger partial charge in [0, 0.05) is 18.0 Å². The van der Waals surface area contributed by atoms with E-state index < -0.39 is 11.9 Å². The molecule has 26 heavy (non-hydrogen) atoms. The Bertz CT molecular complexity index is 687. The van der Waals surface area contributed by atoms with Crippen LogP contribution in [0.4, 0.5) is 10.1 Å². The number of hydrogen-bond acceptors (Lipinski definition) is 4. The number of anilines is 1. The number of hydrogen-bond donors (Lipinski definition) is 2. The Hall–Kier alpha value is -1.89. The first-order chi connectivity index (χ1) is 11.5. The van der Waals surface area contributed by atoms with Gasteiger partial charge >= 0.3 is 0 Å². The fourth-order valence-electron chi connectivity index (χ4n) is 2.18. The van der Waals surface area contributed by atoms with Gasteiger partial charge in [0.05, 0.1) is 11.7 Å². The van der Waals surface area contributed by atoms with Crippen LogP contribution in [0.1, 0.15) is 26.0 Å². The van der Waals surface area contributed by atoms with E-state index in [4.69, 9.17) is 10.5 Å². The standard InChI is InChI=1S/C18H22FN3O2.2ClH/c1-12(2)9-16(20)18(23)22-13-6-7-17(15(19)10-13)24-11-14-5-3-4-8-21-14;;/h3-8,10,12,16H,9,11,20H2,1-2H3,(H,22,23);2*1H/t16-;;/m0../s1. The normalized spacial score (nSPS) is 11.1. The SMILES string of the molecule is CC(C)C[C@H](N)C(=O)Nc1ccc(OCc2ccccn2)c(F)c1.Cl.Cl. The number of nitrogens with zero attached hydrogens (tertiary/aromatic N) is 1. The van der Waals surface area contributed by atoms with Crippen molar-refractivity contribution >= 4 is 36.4 Å². The van der Waals surface area contributed by atoms with Crippen molar-refractivity contribution in [1.82, 2.24) is 4.98 Å². The van der Waals surface area contributed by atoms with Crippen LogP contribution in [0.25, 0.3) is 0 Å². The molecule has 3 N–H and O–H groups in total. The lowest BCUT2D eigenvalue weighted by molar-refractivity contribution is -0.117. The Labute approximate surface area is 165 Å². The van der Waals surface area contributed by atoms with E-state index in [-0.39, 0.29) is 43.1 Å². The van der Waals surface area contributed by atoms with Crippen molar-refractivity contribution in [2.45, 2.75) is 32.9 Å². The molecule has 0 aliphatic heterocycles. The van der Waals surface area contributed by atoms with Crippen LogP contribution in [-0.4, -0.2) is 16.9 Å². The number of pyridine rings is 1. The maximum atomic E-state index is 14.1. The van der Waals surface area contributed by atoms with E-state index in [0.717, 1.165) is 0 Å². The Morgan fingerprint density at radius 2 is 2.00 bits per heavy atom. The average Bonchev–Trinajstić information content (AvgIpc) is 2.54. The summed E-state index contributed by atoms with van der Waals surface area (Å²) in [5.74, 6) is -0.471. The van der Waals surface area contributed by atoms with Gasteiger partial charge in [-0.3, -0.25) is 9.78 Å². The minimum absolute atomic E-state index is 0. The van der Waals surface area contributed by atoms with Gasteiger partial charge in [-0.1, -0.05) is 19.9 Å². The highest BCUT2D eigenvalue weighted by Gasteiger charge is 2.16. The van der Waals surface area contributed by atoms with Crippen LogP contribution in [0.2, 0.25) is 0 Å². The van der Waals surface area contributed by atoms with Gasteiger partial charge in [0.1, 0.15) is 6.61 Å². The molecule has 144 valence electrons. The lowest BCUT2D eigenvalue weighted by Gasteiger charge is -2.14. The number of carbonyl (C=O) groups excluding carboxylic acids is 1. The quantitative estimate of drug-likeness (QED) is 0.733. The van der Waals surface area contributed by atoms with Crippen LogP contribution in [0.5, 0.6) is 5.75 Å². The van der Waals surface area contributed by atoms with Crippen LogP contribution < -0.4 is 15.8 Å². The van der Waals surface area contributed by atoms with Gasteiger partial charge < -0.3 is 15.8 Å². The lowest BCUT2D eigenvalue weighted by Crippen LogP contribution is -2.36. The van der Waals surface area contributed by atoms with Crippen molar-refractivity contribution in [2.24, 2.45) is 11.7 Å². The third-order valence-electron chi connectivity index (χ3n) is 3.36. The third kappa shape index (κ3) is 7.56. The topological polar surface area (TPSA) is 77.2 Å². The predicted molar refractivity (Wildman–Crippen MR) is 106 cm³/mol. The molecule has 1 heterocycles. The van der Waals surface area contributed by atoms with E-state index in [9.17, 15) is 9.18 Å². The smallest absolute Gasteiger partial charge is 0.241 e. The fourth-order valence-corrected chi connectivity index (χ4v) is 2.18. The summed E-state index contributed by atoms with van der Waals surface area (Å²) in [5, 5.41) is 2.62. The molecule has 0 saturated carbocycles. The molecule has 0 saturated heterocycles. The number of nitrogens with one attached hydrogen (secondary N) is 1. The monoisotopic (exact) mass is 403 g/mol. The van der Waals surface area contributed by atoms with E-state index in [0.29, 0.717) is 23.7 Å². The molecule has 1 aromatic heterocycles. The van der Waals surface area contributed by atoms with Crippen LogP contribution >= 0.6 is 24.8 Å². The highest BCUT2D eigenvalue weighted by atomic mass is 35.5. The van der Waals surface area contributed by atoms with Crippen molar-refractivity contribution in [3.63, 3.8) is 0 Å². The molecule has 2 aromatic rings. The minimum Gasteiger partial charge on any atom is -0.484 e. The molecule has 0 unspecified atom stereocenters.